The van der Waals surface area contributed by atoms with E-state index in [1.54, 1.807) is 26.2 Å². The van der Waals surface area contributed by atoms with E-state index in [0.29, 0.717) is 10.5 Å². The van der Waals surface area contributed by atoms with Crippen molar-refractivity contribution in [3.05, 3.63) is 15.8 Å². The van der Waals surface area contributed by atoms with Crippen LogP contribution < -0.4 is 0 Å². The molecule has 1 N–H and O–H groups in total. The Bertz CT molecular complexity index is 415. The predicted octanol–water partition coefficient (Wildman–Crippen LogP) is 1.73. The highest BCUT2D eigenvalue weighted by Gasteiger charge is 2.23. The van der Waals surface area contributed by atoms with Crippen LogP contribution in [-0.2, 0) is 16.4 Å². The van der Waals surface area contributed by atoms with Crippen molar-refractivity contribution in [3.63, 3.8) is 0 Å². The monoisotopic (exact) mass is 234 g/mol. The summed E-state index contributed by atoms with van der Waals surface area (Å²) in [6.07, 6.45) is 0. The van der Waals surface area contributed by atoms with Gasteiger partial charge in [-0.2, -0.15) is 0 Å². The van der Waals surface area contributed by atoms with Crippen LogP contribution in [0.5, 0.6) is 0 Å². The van der Waals surface area contributed by atoms with Gasteiger partial charge in [-0.1, -0.05) is 0 Å². The molecule has 0 saturated heterocycles. The quantitative estimate of drug-likeness (QED) is 0.866. The van der Waals surface area contributed by atoms with Crippen molar-refractivity contribution in [2.24, 2.45) is 0 Å². The van der Waals surface area contributed by atoms with Crippen LogP contribution in [0.4, 0.5) is 0 Å². The Morgan fingerprint density at radius 2 is 2.07 bits per heavy atom. The summed E-state index contributed by atoms with van der Waals surface area (Å²) in [5.41, 5.74) is 0.686. The Balaban J connectivity index is 3.28. The summed E-state index contributed by atoms with van der Waals surface area (Å²) >= 11 is 1.29. The molecule has 0 spiro atoms. The van der Waals surface area contributed by atoms with E-state index in [2.05, 4.69) is 0 Å². The molecule has 1 heterocycles. The van der Waals surface area contributed by atoms with Crippen LogP contribution in [0.2, 0.25) is 0 Å². The van der Waals surface area contributed by atoms with Gasteiger partial charge in [-0.25, -0.2) is 8.42 Å². The maximum atomic E-state index is 11.8. The Labute approximate surface area is 88.3 Å². The third-order valence-electron chi connectivity index (χ3n) is 2.17. The van der Waals surface area contributed by atoms with E-state index in [4.69, 9.17) is 5.11 Å². The summed E-state index contributed by atoms with van der Waals surface area (Å²) in [5.74, 6) is 0. The lowest BCUT2D eigenvalue weighted by Crippen LogP contribution is -2.14. The Morgan fingerprint density at radius 1 is 1.50 bits per heavy atom. The SMILES string of the molecule is Cc1c(S(=O)(=O)C(C)C)csc1CO. The summed E-state index contributed by atoms with van der Waals surface area (Å²) < 4.78 is 23.6. The van der Waals surface area contributed by atoms with Gasteiger partial charge in [-0.3, -0.25) is 0 Å². The molecule has 3 nitrogen and oxygen atoms in total. The van der Waals surface area contributed by atoms with E-state index in [0.717, 1.165) is 4.88 Å². The lowest BCUT2D eigenvalue weighted by molar-refractivity contribution is 0.284. The minimum atomic E-state index is -3.20. The Kier molecular flexibility index (Phi) is 3.34. The summed E-state index contributed by atoms with van der Waals surface area (Å²) in [5, 5.41) is 10.1. The zero-order valence-electron chi connectivity index (χ0n) is 8.44. The number of hydrogen-bond acceptors (Lipinski definition) is 4. The minimum absolute atomic E-state index is 0.0931. The number of aliphatic hydroxyl groups is 1. The highest BCUT2D eigenvalue weighted by molar-refractivity contribution is 7.92. The fraction of sp³-hybridized carbons (Fsp3) is 0.556. The summed E-state index contributed by atoms with van der Waals surface area (Å²) in [7, 11) is -3.20. The normalized spacial score (nSPS) is 12.4. The summed E-state index contributed by atoms with van der Waals surface area (Å²) in [6, 6.07) is 0. The van der Waals surface area contributed by atoms with Crippen molar-refractivity contribution < 1.29 is 13.5 Å². The first kappa shape index (κ1) is 11.7. The van der Waals surface area contributed by atoms with E-state index in [1.807, 2.05) is 0 Å². The third-order valence-corrected chi connectivity index (χ3v) is 5.67. The van der Waals surface area contributed by atoms with Gasteiger partial charge in [0.15, 0.2) is 9.84 Å². The van der Waals surface area contributed by atoms with E-state index >= 15 is 0 Å². The molecule has 0 aliphatic heterocycles. The van der Waals surface area contributed by atoms with Crippen LogP contribution in [-0.4, -0.2) is 18.8 Å². The highest BCUT2D eigenvalue weighted by Crippen LogP contribution is 2.28. The van der Waals surface area contributed by atoms with Gasteiger partial charge >= 0.3 is 0 Å². The van der Waals surface area contributed by atoms with Gasteiger partial charge in [0.25, 0.3) is 0 Å². The van der Waals surface area contributed by atoms with Crippen molar-refractivity contribution in [1.29, 1.82) is 0 Å². The molecular weight excluding hydrogens is 220 g/mol. The standard InChI is InChI=1S/C9H14O3S2/c1-6(2)14(11,12)9-5-13-8(4-10)7(9)3/h5-6,10H,4H2,1-3H3. The molecule has 1 aromatic heterocycles. The molecule has 0 aliphatic rings. The number of aliphatic hydroxyl groups excluding tert-OH is 1. The number of thiophene rings is 1. The zero-order valence-corrected chi connectivity index (χ0v) is 10.1. The molecule has 0 aromatic carbocycles. The van der Waals surface area contributed by atoms with E-state index in [-0.39, 0.29) is 6.61 Å². The summed E-state index contributed by atoms with van der Waals surface area (Å²) in [6.45, 7) is 4.96. The highest BCUT2D eigenvalue weighted by atomic mass is 32.2. The van der Waals surface area contributed by atoms with Gasteiger partial charge in [0.1, 0.15) is 0 Å². The fourth-order valence-corrected chi connectivity index (χ4v) is 3.72. The predicted molar refractivity (Wildman–Crippen MR) is 57.3 cm³/mol. The lowest BCUT2D eigenvalue weighted by Gasteiger charge is -2.06. The second kappa shape index (κ2) is 4.00. The second-order valence-electron chi connectivity index (χ2n) is 3.40. The molecule has 0 aliphatic carbocycles. The van der Waals surface area contributed by atoms with Crippen LogP contribution in [0.25, 0.3) is 0 Å². The molecular formula is C9H14O3S2. The zero-order chi connectivity index (χ0) is 10.9. The second-order valence-corrected chi connectivity index (χ2v) is 6.84. The van der Waals surface area contributed by atoms with Crippen molar-refractivity contribution >= 4 is 21.2 Å². The van der Waals surface area contributed by atoms with Crippen LogP contribution in [0.1, 0.15) is 24.3 Å². The average Bonchev–Trinajstić information content (AvgIpc) is 2.46. The molecule has 0 saturated carbocycles. The maximum Gasteiger partial charge on any atom is 0.181 e. The van der Waals surface area contributed by atoms with Gasteiger partial charge in [-0.15, -0.1) is 11.3 Å². The first-order valence-electron chi connectivity index (χ1n) is 4.33. The minimum Gasteiger partial charge on any atom is -0.391 e. The number of rotatable bonds is 3. The maximum absolute atomic E-state index is 11.8. The lowest BCUT2D eigenvalue weighted by atomic mass is 10.3. The Hall–Kier alpha value is -0.390. The van der Waals surface area contributed by atoms with Crippen molar-refractivity contribution in [3.8, 4) is 0 Å². The summed E-state index contributed by atoms with van der Waals surface area (Å²) in [4.78, 5) is 1.09. The van der Waals surface area contributed by atoms with Crippen molar-refractivity contribution in [2.75, 3.05) is 0 Å². The molecule has 0 atom stereocenters. The van der Waals surface area contributed by atoms with E-state index in [1.165, 1.54) is 11.3 Å². The average molecular weight is 234 g/mol. The van der Waals surface area contributed by atoms with E-state index < -0.39 is 15.1 Å². The molecule has 0 amide bonds. The molecule has 5 heteroatoms. The van der Waals surface area contributed by atoms with Gasteiger partial charge in [0, 0.05) is 10.3 Å². The molecule has 80 valence electrons. The van der Waals surface area contributed by atoms with Gasteiger partial charge < -0.3 is 5.11 Å². The number of hydrogen-bond donors (Lipinski definition) is 1. The van der Waals surface area contributed by atoms with Gasteiger partial charge in [0.2, 0.25) is 0 Å². The smallest absolute Gasteiger partial charge is 0.181 e. The number of sulfone groups is 1. The largest absolute Gasteiger partial charge is 0.391 e. The van der Waals surface area contributed by atoms with Gasteiger partial charge in [0.05, 0.1) is 16.8 Å². The fourth-order valence-electron chi connectivity index (χ4n) is 1.13. The van der Waals surface area contributed by atoms with Crippen LogP contribution >= 0.6 is 11.3 Å². The Morgan fingerprint density at radius 3 is 2.43 bits per heavy atom. The molecule has 0 fully saturated rings. The van der Waals surface area contributed by atoms with Crippen LogP contribution in [0, 0.1) is 6.92 Å². The van der Waals surface area contributed by atoms with Crippen molar-refractivity contribution in [2.45, 2.75) is 37.5 Å². The van der Waals surface area contributed by atoms with Gasteiger partial charge in [-0.05, 0) is 26.3 Å². The molecule has 0 radical (unpaired) electrons. The molecule has 1 aromatic rings. The first-order valence-corrected chi connectivity index (χ1v) is 6.75. The molecule has 1 rings (SSSR count). The topological polar surface area (TPSA) is 54.4 Å². The molecule has 0 bridgehead atoms. The van der Waals surface area contributed by atoms with Crippen LogP contribution in [0.3, 0.4) is 0 Å². The van der Waals surface area contributed by atoms with Crippen molar-refractivity contribution in [1.82, 2.24) is 0 Å². The molecule has 14 heavy (non-hydrogen) atoms. The van der Waals surface area contributed by atoms with E-state index in [9.17, 15) is 8.42 Å². The van der Waals surface area contributed by atoms with Crippen LogP contribution in [0.15, 0.2) is 10.3 Å². The third kappa shape index (κ3) is 1.85. The first-order chi connectivity index (χ1) is 6.41. The molecule has 0 unspecified atom stereocenters.